The lowest BCUT2D eigenvalue weighted by atomic mass is 9.99. The van der Waals surface area contributed by atoms with E-state index >= 15 is 0 Å². The predicted octanol–water partition coefficient (Wildman–Crippen LogP) is 6.24. The van der Waals surface area contributed by atoms with Crippen LogP contribution in [0.25, 0.3) is 0 Å². The molecule has 0 saturated heterocycles. The fraction of sp³-hybridized carbons (Fsp3) is 0.222. The first-order chi connectivity index (χ1) is 15.5. The quantitative estimate of drug-likeness (QED) is 0.368. The summed E-state index contributed by atoms with van der Waals surface area (Å²) < 4.78 is 0. The van der Waals surface area contributed by atoms with Gasteiger partial charge in [0.2, 0.25) is 11.9 Å². The van der Waals surface area contributed by atoms with Crippen LogP contribution in [0.1, 0.15) is 39.7 Å². The average Bonchev–Trinajstić information content (AvgIpc) is 2.77. The Labute approximate surface area is 190 Å². The number of rotatable bonds is 7. The minimum atomic E-state index is 0.0381. The number of aromatic nitrogens is 3. The number of benzene rings is 3. The highest BCUT2D eigenvalue weighted by atomic mass is 15.2. The van der Waals surface area contributed by atoms with E-state index in [1.54, 1.807) is 0 Å². The van der Waals surface area contributed by atoms with Crippen molar-refractivity contribution in [2.75, 3.05) is 10.6 Å². The van der Waals surface area contributed by atoms with Crippen LogP contribution in [-0.4, -0.2) is 15.0 Å². The molecule has 1 unspecified atom stereocenters. The summed E-state index contributed by atoms with van der Waals surface area (Å²) in [6.45, 7) is 8.19. The summed E-state index contributed by atoms with van der Waals surface area (Å²) in [5.41, 5.74) is 7.06. The van der Waals surface area contributed by atoms with Crippen molar-refractivity contribution >= 4 is 17.6 Å². The van der Waals surface area contributed by atoms with Gasteiger partial charge in [0.25, 0.3) is 0 Å². The molecule has 1 aromatic heterocycles. The highest BCUT2D eigenvalue weighted by molar-refractivity contribution is 5.64. The second-order valence-corrected chi connectivity index (χ2v) is 8.23. The van der Waals surface area contributed by atoms with Crippen molar-refractivity contribution in [1.29, 1.82) is 0 Å². The normalized spacial score (nSPS) is 11.8. The second-order valence-electron chi connectivity index (χ2n) is 8.23. The van der Waals surface area contributed by atoms with Gasteiger partial charge in [0, 0.05) is 5.69 Å². The Bertz CT molecular complexity index is 1170. The lowest BCUT2D eigenvalue weighted by molar-refractivity contribution is 0.758. The molecule has 4 rings (SSSR count). The lowest BCUT2D eigenvalue weighted by Gasteiger charge is -2.20. The summed E-state index contributed by atoms with van der Waals surface area (Å²) in [5.74, 6) is 1.77. The maximum Gasteiger partial charge on any atom is 0.232 e. The zero-order chi connectivity index (χ0) is 22.5. The third-order valence-corrected chi connectivity index (χ3v) is 5.45. The summed E-state index contributed by atoms with van der Waals surface area (Å²) in [7, 11) is 0. The van der Waals surface area contributed by atoms with Gasteiger partial charge in [-0.1, -0.05) is 78.4 Å². The maximum absolute atomic E-state index is 4.70. The molecule has 32 heavy (non-hydrogen) atoms. The molecule has 1 heterocycles. The molecule has 0 radical (unpaired) electrons. The molecule has 162 valence electrons. The number of hydrogen-bond acceptors (Lipinski definition) is 5. The van der Waals surface area contributed by atoms with Crippen LogP contribution >= 0.6 is 0 Å². The van der Waals surface area contributed by atoms with E-state index in [2.05, 4.69) is 102 Å². The van der Waals surface area contributed by atoms with E-state index in [1.165, 1.54) is 27.8 Å². The van der Waals surface area contributed by atoms with Crippen molar-refractivity contribution in [2.24, 2.45) is 0 Å². The van der Waals surface area contributed by atoms with Gasteiger partial charge in [-0.05, 0) is 56.4 Å². The van der Waals surface area contributed by atoms with E-state index in [4.69, 9.17) is 4.98 Å². The lowest BCUT2D eigenvalue weighted by Crippen LogP contribution is -2.17. The minimum Gasteiger partial charge on any atom is -0.347 e. The average molecular weight is 424 g/mol. The summed E-state index contributed by atoms with van der Waals surface area (Å²) in [5, 5.41) is 6.96. The molecular weight excluding hydrogens is 394 g/mol. The molecule has 3 aromatic carbocycles. The van der Waals surface area contributed by atoms with Crippen LogP contribution in [0.4, 0.5) is 17.6 Å². The van der Waals surface area contributed by atoms with E-state index in [1.807, 2.05) is 19.1 Å². The highest BCUT2D eigenvalue weighted by Crippen LogP contribution is 2.26. The topological polar surface area (TPSA) is 62.7 Å². The van der Waals surface area contributed by atoms with E-state index in [0.29, 0.717) is 17.7 Å². The van der Waals surface area contributed by atoms with E-state index in [0.717, 1.165) is 12.1 Å². The molecule has 0 aliphatic heterocycles. The van der Waals surface area contributed by atoms with Crippen molar-refractivity contribution < 1.29 is 0 Å². The molecule has 0 fully saturated rings. The Morgan fingerprint density at radius 2 is 1.31 bits per heavy atom. The number of nitrogens with zero attached hydrogens (tertiary/aromatic N) is 3. The molecule has 0 amide bonds. The van der Waals surface area contributed by atoms with Crippen molar-refractivity contribution in [1.82, 2.24) is 15.0 Å². The Hall–Kier alpha value is -3.73. The first-order valence-corrected chi connectivity index (χ1v) is 10.9. The minimum absolute atomic E-state index is 0.0381. The van der Waals surface area contributed by atoms with Gasteiger partial charge in [-0.25, -0.2) is 0 Å². The molecule has 5 nitrogen and oxygen atoms in total. The van der Waals surface area contributed by atoms with E-state index < -0.39 is 0 Å². The van der Waals surface area contributed by atoms with Gasteiger partial charge in [0.1, 0.15) is 5.82 Å². The Morgan fingerprint density at radius 3 is 1.97 bits per heavy atom. The van der Waals surface area contributed by atoms with Gasteiger partial charge >= 0.3 is 0 Å². The first kappa shape index (κ1) is 21.5. The zero-order valence-electron chi connectivity index (χ0n) is 19.1. The maximum atomic E-state index is 4.70. The Kier molecular flexibility index (Phi) is 6.45. The Morgan fingerprint density at radius 1 is 0.719 bits per heavy atom. The smallest absolute Gasteiger partial charge is 0.232 e. The van der Waals surface area contributed by atoms with Gasteiger partial charge in [-0.3, -0.25) is 0 Å². The molecule has 0 aliphatic rings. The predicted molar refractivity (Wildman–Crippen MR) is 131 cm³/mol. The first-order valence-electron chi connectivity index (χ1n) is 10.9. The van der Waals surface area contributed by atoms with E-state index in [9.17, 15) is 0 Å². The summed E-state index contributed by atoms with van der Waals surface area (Å²) in [6.07, 6.45) is 0.828. The van der Waals surface area contributed by atoms with Gasteiger partial charge < -0.3 is 10.6 Å². The van der Waals surface area contributed by atoms with Crippen LogP contribution in [0.2, 0.25) is 0 Å². The SMILES string of the molecule is Cc1cc(C)c(Nc2nc(C)nc(NC(Cc3ccccc3)c3ccccc3)n2)c(C)c1. The molecule has 0 aliphatic carbocycles. The van der Waals surface area contributed by atoms with Crippen LogP contribution in [0.5, 0.6) is 0 Å². The monoisotopic (exact) mass is 423 g/mol. The Balaban J connectivity index is 1.62. The van der Waals surface area contributed by atoms with Crippen molar-refractivity contribution in [3.05, 3.63) is 106 Å². The van der Waals surface area contributed by atoms with Gasteiger partial charge in [0.15, 0.2) is 0 Å². The zero-order valence-corrected chi connectivity index (χ0v) is 19.1. The van der Waals surface area contributed by atoms with Gasteiger partial charge in [-0.2, -0.15) is 15.0 Å². The molecule has 0 spiro atoms. The van der Waals surface area contributed by atoms with Crippen LogP contribution in [0.15, 0.2) is 72.8 Å². The number of aryl methyl sites for hydroxylation is 4. The van der Waals surface area contributed by atoms with Crippen LogP contribution in [-0.2, 0) is 6.42 Å². The fourth-order valence-corrected chi connectivity index (χ4v) is 4.03. The fourth-order valence-electron chi connectivity index (χ4n) is 4.03. The molecule has 0 saturated carbocycles. The van der Waals surface area contributed by atoms with Gasteiger partial charge in [-0.15, -0.1) is 0 Å². The molecule has 2 N–H and O–H groups in total. The largest absolute Gasteiger partial charge is 0.347 e. The summed E-state index contributed by atoms with van der Waals surface area (Å²) in [4.78, 5) is 13.8. The highest BCUT2D eigenvalue weighted by Gasteiger charge is 2.15. The summed E-state index contributed by atoms with van der Waals surface area (Å²) >= 11 is 0. The number of nitrogens with one attached hydrogen (secondary N) is 2. The molecular formula is C27H29N5. The molecule has 5 heteroatoms. The number of hydrogen-bond donors (Lipinski definition) is 2. The van der Waals surface area contributed by atoms with Crippen LogP contribution < -0.4 is 10.6 Å². The third kappa shape index (κ3) is 5.30. The molecule has 0 bridgehead atoms. The summed E-state index contributed by atoms with van der Waals surface area (Å²) in [6, 6.07) is 25.2. The second kappa shape index (κ2) is 9.60. The van der Waals surface area contributed by atoms with Crippen molar-refractivity contribution in [2.45, 2.75) is 40.2 Å². The molecule has 4 aromatic rings. The molecule has 1 atom stereocenters. The third-order valence-electron chi connectivity index (χ3n) is 5.45. The van der Waals surface area contributed by atoms with E-state index in [-0.39, 0.29) is 6.04 Å². The van der Waals surface area contributed by atoms with Gasteiger partial charge in [0.05, 0.1) is 6.04 Å². The van der Waals surface area contributed by atoms with Crippen LogP contribution in [0.3, 0.4) is 0 Å². The number of anilines is 3. The standard InChI is InChI=1S/C27H29N5/c1-18-15-19(2)25(20(3)16-18)31-27-29-21(4)28-26(32-27)30-24(23-13-9-6-10-14-23)17-22-11-7-5-8-12-22/h5-16,24H,17H2,1-4H3,(H2,28,29,30,31,32). The van der Waals surface area contributed by atoms with Crippen molar-refractivity contribution in [3.63, 3.8) is 0 Å². The van der Waals surface area contributed by atoms with Crippen LogP contribution in [0, 0.1) is 27.7 Å². The van der Waals surface area contributed by atoms with Crippen molar-refractivity contribution in [3.8, 4) is 0 Å².